The summed E-state index contributed by atoms with van der Waals surface area (Å²) >= 11 is 6.14. The van der Waals surface area contributed by atoms with Crippen LogP contribution in [-0.2, 0) is 4.79 Å². The number of nitrogens with one attached hydrogen (secondary N) is 1. The zero-order chi connectivity index (χ0) is 17.0. The number of hydrogen-bond acceptors (Lipinski definition) is 3. The summed E-state index contributed by atoms with van der Waals surface area (Å²) in [5, 5.41) is 13.9. The number of nitro groups is 1. The number of non-ortho nitro benzene ring substituents is 1. The SMILES string of the molecule is Cc1cc(C)c(NC(=O)/C=C/c2cccc([N+](=O)[O-])c2)c(Cl)c1. The van der Waals surface area contributed by atoms with E-state index in [0.29, 0.717) is 16.3 Å². The van der Waals surface area contributed by atoms with Gasteiger partial charge in [-0.15, -0.1) is 0 Å². The molecule has 2 aromatic carbocycles. The number of rotatable bonds is 4. The first-order valence-corrected chi connectivity index (χ1v) is 7.25. The smallest absolute Gasteiger partial charge is 0.270 e. The molecule has 0 aliphatic heterocycles. The average molecular weight is 331 g/mol. The van der Waals surface area contributed by atoms with Crippen LogP contribution in [0.4, 0.5) is 11.4 Å². The molecular formula is C17H15ClN2O3. The molecule has 0 saturated heterocycles. The highest BCUT2D eigenvalue weighted by Gasteiger charge is 2.08. The molecule has 0 heterocycles. The van der Waals surface area contributed by atoms with E-state index in [4.69, 9.17) is 11.6 Å². The zero-order valence-corrected chi connectivity index (χ0v) is 13.4. The van der Waals surface area contributed by atoms with Gasteiger partial charge in [-0.1, -0.05) is 29.8 Å². The fraction of sp³-hybridized carbons (Fsp3) is 0.118. The van der Waals surface area contributed by atoms with E-state index in [-0.39, 0.29) is 11.6 Å². The molecule has 0 aliphatic carbocycles. The molecule has 0 spiro atoms. The molecular weight excluding hydrogens is 316 g/mol. The van der Waals surface area contributed by atoms with Crippen LogP contribution in [0.2, 0.25) is 5.02 Å². The van der Waals surface area contributed by atoms with Crippen molar-refractivity contribution in [3.8, 4) is 0 Å². The Morgan fingerprint density at radius 3 is 2.65 bits per heavy atom. The first kappa shape index (κ1) is 16.7. The number of anilines is 1. The summed E-state index contributed by atoms with van der Waals surface area (Å²) in [5.41, 5.74) is 2.99. The van der Waals surface area contributed by atoms with E-state index in [1.165, 1.54) is 24.3 Å². The number of benzene rings is 2. The van der Waals surface area contributed by atoms with E-state index in [1.54, 1.807) is 18.2 Å². The minimum absolute atomic E-state index is 0.0232. The second kappa shape index (κ2) is 7.07. The average Bonchev–Trinajstić information content (AvgIpc) is 2.49. The zero-order valence-electron chi connectivity index (χ0n) is 12.7. The highest BCUT2D eigenvalue weighted by molar-refractivity contribution is 6.34. The number of halogens is 1. The molecule has 23 heavy (non-hydrogen) atoms. The lowest BCUT2D eigenvalue weighted by atomic mass is 10.1. The maximum absolute atomic E-state index is 12.0. The van der Waals surface area contributed by atoms with Crippen LogP contribution in [0.5, 0.6) is 0 Å². The molecule has 0 aliphatic rings. The van der Waals surface area contributed by atoms with Crippen LogP contribution in [0.1, 0.15) is 16.7 Å². The normalized spacial score (nSPS) is 10.7. The molecule has 2 aromatic rings. The van der Waals surface area contributed by atoms with Crippen molar-refractivity contribution in [1.29, 1.82) is 0 Å². The summed E-state index contributed by atoms with van der Waals surface area (Å²) in [6.07, 6.45) is 2.83. The molecule has 1 N–H and O–H groups in total. The van der Waals surface area contributed by atoms with Crippen molar-refractivity contribution in [1.82, 2.24) is 0 Å². The van der Waals surface area contributed by atoms with Gasteiger partial charge in [0.1, 0.15) is 0 Å². The van der Waals surface area contributed by atoms with Crippen molar-refractivity contribution in [2.45, 2.75) is 13.8 Å². The van der Waals surface area contributed by atoms with Crippen LogP contribution >= 0.6 is 11.6 Å². The molecule has 0 saturated carbocycles. The Kier molecular flexibility index (Phi) is 5.13. The van der Waals surface area contributed by atoms with E-state index in [1.807, 2.05) is 19.9 Å². The van der Waals surface area contributed by atoms with Gasteiger partial charge in [0.2, 0.25) is 5.91 Å². The lowest BCUT2D eigenvalue weighted by Crippen LogP contribution is -2.09. The lowest BCUT2D eigenvalue weighted by molar-refractivity contribution is -0.384. The Morgan fingerprint density at radius 1 is 1.26 bits per heavy atom. The largest absolute Gasteiger partial charge is 0.321 e. The van der Waals surface area contributed by atoms with Crippen LogP contribution < -0.4 is 5.32 Å². The maximum atomic E-state index is 12.0. The molecule has 0 unspecified atom stereocenters. The molecule has 6 heteroatoms. The highest BCUT2D eigenvalue weighted by atomic mass is 35.5. The summed E-state index contributed by atoms with van der Waals surface area (Å²) in [4.78, 5) is 22.2. The molecule has 5 nitrogen and oxygen atoms in total. The van der Waals surface area contributed by atoms with Crippen molar-refractivity contribution in [2.24, 2.45) is 0 Å². The Labute approximate surface area is 138 Å². The predicted molar refractivity (Wildman–Crippen MR) is 91.7 cm³/mol. The highest BCUT2D eigenvalue weighted by Crippen LogP contribution is 2.27. The third kappa shape index (κ3) is 4.40. The quantitative estimate of drug-likeness (QED) is 0.509. The van der Waals surface area contributed by atoms with E-state index < -0.39 is 4.92 Å². The van der Waals surface area contributed by atoms with Crippen LogP contribution in [0.15, 0.2) is 42.5 Å². The second-order valence-electron chi connectivity index (χ2n) is 5.11. The molecule has 1 amide bonds. The van der Waals surface area contributed by atoms with Gasteiger partial charge in [0.15, 0.2) is 0 Å². The van der Waals surface area contributed by atoms with Crippen molar-refractivity contribution in [2.75, 3.05) is 5.32 Å². The Hall–Kier alpha value is -2.66. The minimum atomic E-state index is -0.479. The first-order chi connectivity index (χ1) is 10.9. The predicted octanol–water partition coefficient (Wildman–Crippen LogP) is 4.52. The van der Waals surface area contributed by atoms with Crippen molar-refractivity contribution < 1.29 is 9.72 Å². The Bertz CT molecular complexity index is 777. The van der Waals surface area contributed by atoms with Gasteiger partial charge in [0.05, 0.1) is 15.6 Å². The van der Waals surface area contributed by atoms with E-state index >= 15 is 0 Å². The number of hydrogen-bond donors (Lipinski definition) is 1. The third-order valence-electron chi connectivity index (χ3n) is 3.19. The molecule has 0 aromatic heterocycles. The molecule has 118 valence electrons. The summed E-state index contributed by atoms with van der Waals surface area (Å²) in [6.45, 7) is 3.78. The van der Waals surface area contributed by atoms with Crippen LogP contribution in [0.3, 0.4) is 0 Å². The molecule has 0 radical (unpaired) electrons. The van der Waals surface area contributed by atoms with Crippen molar-refractivity contribution in [3.05, 3.63) is 74.3 Å². The van der Waals surface area contributed by atoms with Gasteiger partial charge >= 0.3 is 0 Å². The van der Waals surface area contributed by atoms with Crippen LogP contribution in [0.25, 0.3) is 6.08 Å². The van der Waals surface area contributed by atoms with Gasteiger partial charge in [-0.2, -0.15) is 0 Å². The lowest BCUT2D eigenvalue weighted by Gasteiger charge is -2.10. The summed E-state index contributed by atoms with van der Waals surface area (Å²) in [7, 11) is 0. The number of nitro benzene ring substituents is 1. The van der Waals surface area contributed by atoms with Crippen LogP contribution in [-0.4, -0.2) is 10.8 Å². The second-order valence-corrected chi connectivity index (χ2v) is 5.52. The van der Waals surface area contributed by atoms with Gasteiger partial charge in [-0.05, 0) is 42.7 Å². The minimum Gasteiger partial charge on any atom is -0.321 e. The molecule has 0 fully saturated rings. The molecule has 0 bridgehead atoms. The standard InChI is InChI=1S/C17H15ClN2O3/c1-11-8-12(2)17(15(18)9-11)19-16(21)7-6-13-4-3-5-14(10-13)20(22)23/h3-10H,1-2H3,(H,19,21)/b7-6+. The summed E-state index contributed by atoms with van der Waals surface area (Å²) in [6, 6.07) is 9.73. The molecule has 2 rings (SSSR count). The molecule has 0 atom stereocenters. The van der Waals surface area contributed by atoms with Gasteiger partial charge in [-0.25, -0.2) is 0 Å². The third-order valence-corrected chi connectivity index (χ3v) is 3.49. The summed E-state index contributed by atoms with van der Waals surface area (Å²) < 4.78 is 0. The monoisotopic (exact) mass is 330 g/mol. The number of aryl methyl sites for hydroxylation is 2. The van der Waals surface area contributed by atoms with Crippen LogP contribution in [0, 0.1) is 24.0 Å². The van der Waals surface area contributed by atoms with Crippen molar-refractivity contribution in [3.63, 3.8) is 0 Å². The fourth-order valence-electron chi connectivity index (χ4n) is 2.15. The van der Waals surface area contributed by atoms with Gasteiger partial charge in [0, 0.05) is 18.2 Å². The fourth-order valence-corrected chi connectivity index (χ4v) is 2.52. The van der Waals surface area contributed by atoms with E-state index in [9.17, 15) is 14.9 Å². The topological polar surface area (TPSA) is 72.2 Å². The number of amides is 1. The Morgan fingerprint density at radius 2 is 2.00 bits per heavy atom. The van der Waals surface area contributed by atoms with Crippen molar-refractivity contribution >= 4 is 35.0 Å². The van der Waals surface area contributed by atoms with Gasteiger partial charge in [0.25, 0.3) is 5.69 Å². The van der Waals surface area contributed by atoms with E-state index in [0.717, 1.165) is 11.1 Å². The first-order valence-electron chi connectivity index (χ1n) is 6.87. The maximum Gasteiger partial charge on any atom is 0.270 e. The number of nitrogens with zero attached hydrogens (tertiary/aromatic N) is 1. The summed E-state index contributed by atoms with van der Waals surface area (Å²) in [5.74, 6) is -0.356. The van der Waals surface area contributed by atoms with E-state index in [2.05, 4.69) is 5.32 Å². The number of carbonyl (C=O) groups excluding carboxylic acids is 1. The van der Waals surface area contributed by atoms with Gasteiger partial charge in [-0.3, -0.25) is 14.9 Å². The van der Waals surface area contributed by atoms with Gasteiger partial charge < -0.3 is 5.32 Å². The number of carbonyl (C=O) groups is 1. The Balaban J connectivity index is 2.14.